The summed E-state index contributed by atoms with van der Waals surface area (Å²) in [5, 5.41) is 12.3. The molecular weight excluding hydrogens is 304 g/mol. The average molecular weight is 320 g/mol. The molecule has 0 bridgehead atoms. The molecule has 1 aliphatic carbocycles. The smallest absolute Gasteiger partial charge is 0.409 e. The van der Waals surface area contributed by atoms with E-state index in [-0.39, 0.29) is 11.8 Å². The predicted molar refractivity (Wildman–Crippen MR) is 90.3 cm³/mol. The molecule has 1 saturated carbocycles. The van der Waals surface area contributed by atoms with Crippen LogP contribution in [0.1, 0.15) is 35.5 Å². The van der Waals surface area contributed by atoms with Crippen molar-refractivity contribution >= 4 is 22.7 Å². The second kappa shape index (κ2) is 5.56. The van der Waals surface area contributed by atoms with E-state index in [1.165, 1.54) is 0 Å². The number of hydrogen-bond acceptors (Lipinski definition) is 4. The zero-order valence-corrected chi connectivity index (χ0v) is 13.1. The molecule has 3 aromatic rings. The highest BCUT2D eigenvalue weighted by molar-refractivity contribution is 5.97. The van der Waals surface area contributed by atoms with Gasteiger partial charge >= 0.3 is 6.09 Å². The molecule has 1 amide bonds. The number of pyridine rings is 1. The fraction of sp³-hybridized carbons (Fsp3) is 0.222. The van der Waals surface area contributed by atoms with Crippen molar-refractivity contribution in [2.24, 2.45) is 0 Å². The molecule has 0 spiro atoms. The Hall–Kier alpha value is -3.02. The monoisotopic (exact) mass is 320 g/mol. The molecule has 120 valence electrons. The molecule has 2 atom stereocenters. The highest BCUT2D eigenvalue weighted by Gasteiger charge is 2.42. The molecule has 2 aromatic heterocycles. The topological polar surface area (TPSA) is 88.0 Å². The quantitative estimate of drug-likeness (QED) is 0.768. The van der Waals surface area contributed by atoms with Gasteiger partial charge in [-0.15, -0.1) is 0 Å². The fourth-order valence-electron chi connectivity index (χ4n) is 3.04. The second-order valence-electron chi connectivity index (χ2n) is 6.05. The van der Waals surface area contributed by atoms with Crippen molar-refractivity contribution in [2.75, 3.05) is 5.32 Å². The molecular formula is C18H16N4O2. The highest BCUT2D eigenvalue weighted by Crippen LogP contribution is 2.53. The lowest BCUT2D eigenvalue weighted by Gasteiger charge is -2.07. The number of nitrogens with zero attached hydrogens (tertiary/aromatic N) is 3. The Morgan fingerprint density at radius 1 is 1.17 bits per heavy atom. The largest absolute Gasteiger partial charge is 0.465 e. The number of fused-ring (bicyclic) bond motifs is 1. The molecule has 6 nitrogen and oxygen atoms in total. The van der Waals surface area contributed by atoms with E-state index in [2.05, 4.69) is 15.3 Å². The van der Waals surface area contributed by atoms with Gasteiger partial charge in [0.15, 0.2) is 0 Å². The Morgan fingerprint density at radius 3 is 2.83 bits per heavy atom. The first-order valence-electron chi connectivity index (χ1n) is 7.81. The highest BCUT2D eigenvalue weighted by atomic mass is 16.4. The molecule has 6 heteroatoms. The van der Waals surface area contributed by atoms with Gasteiger partial charge in [-0.05, 0) is 31.5 Å². The number of carbonyl (C=O) groups is 1. The third kappa shape index (κ3) is 2.67. The van der Waals surface area contributed by atoms with Gasteiger partial charge in [0, 0.05) is 34.8 Å². The van der Waals surface area contributed by atoms with Gasteiger partial charge < -0.3 is 5.11 Å². The van der Waals surface area contributed by atoms with Gasteiger partial charge in [0.1, 0.15) is 5.82 Å². The van der Waals surface area contributed by atoms with Crippen LogP contribution in [0.5, 0.6) is 0 Å². The van der Waals surface area contributed by atoms with E-state index in [1.807, 2.05) is 37.3 Å². The first-order valence-corrected chi connectivity index (χ1v) is 7.81. The first kappa shape index (κ1) is 14.6. The Labute approximate surface area is 138 Å². The van der Waals surface area contributed by atoms with Gasteiger partial charge in [0.05, 0.1) is 11.2 Å². The number of rotatable bonds is 3. The van der Waals surface area contributed by atoms with Crippen LogP contribution < -0.4 is 5.32 Å². The van der Waals surface area contributed by atoms with E-state index < -0.39 is 6.09 Å². The van der Waals surface area contributed by atoms with Gasteiger partial charge in [0.25, 0.3) is 0 Å². The Kier molecular flexibility index (Phi) is 3.37. The van der Waals surface area contributed by atoms with Crippen molar-refractivity contribution < 1.29 is 9.90 Å². The number of anilines is 1. The summed E-state index contributed by atoms with van der Waals surface area (Å²) < 4.78 is 0. The lowest BCUT2D eigenvalue weighted by atomic mass is 10.1. The van der Waals surface area contributed by atoms with Crippen molar-refractivity contribution in [3.05, 3.63) is 59.8 Å². The van der Waals surface area contributed by atoms with Crippen LogP contribution in [0.25, 0.3) is 10.9 Å². The normalized spacial score (nSPS) is 19.2. The number of carboxylic acid groups (broad SMARTS) is 1. The minimum atomic E-state index is -1.09. The molecule has 1 aromatic carbocycles. The summed E-state index contributed by atoms with van der Waals surface area (Å²) in [4.78, 5) is 24.5. The molecule has 0 saturated heterocycles. The summed E-state index contributed by atoms with van der Waals surface area (Å²) in [6.07, 6.45) is 1.67. The zero-order valence-electron chi connectivity index (χ0n) is 13.1. The van der Waals surface area contributed by atoms with Crippen LogP contribution in [0.2, 0.25) is 0 Å². The second-order valence-corrected chi connectivity index (χ2v) is 6.05. The molecule has 0 unspecified atom stereocenters. The van der Waals surface area contributed by atoms with Crippen molar-refractivity contribution in [3.63, 3.8) is 0 Å². The Balaban J connectivity index is 1.67. The summed E-state index contributed by atoms with van der Waals surface area (Å²) in [5.74, 6) is 1.43. The van der Waals surface area contributed by atoms with Crippen LogP contribution in [0.15, 0.2) is 42.6 Å². The molecule has 0 aliphatic heterocycles. The number of aryl methyl sites for hydroxylation is 1. The van der Waals surface area contributed by atoms with E-state index >= 15 is 0 Å². The summed E-state index contributed by atoms with van der Waals surface area (Å²) in [7, 11) is 0. The number of nitrogens with one attached hydrogen (secondary N) is 1. The van der Waals surface area contributed by atoms with Crippen LogP contribution in [0.3, 0.4) is 0 Å². The minimum Gasteiger partial charge on any atom is -0.465 e. The number of amides is 1. The van der Waals surface area contributed by atoms with Gasteiger partial charge in [-0.1, -0.05) is 18.2 Å². The molecule has 1 aliphatic rings. The molecule has 0 radical (unpaired) electrons. The lowest BCUT2D eigenvalue weighted by Crippen LogP contribution is -2.08. The van der Waals surface area contributed by atoms with Crippen molar-refractivity contribution in [3.8, 4) is 0 Å². The standard InChI is InChI=1S/C18H16N4O2/c1-10-7-8-19-17(20-10)13-9-12(13)14-6-5-11-3-2-4-15(16(11)21-14)22-18(23)24/h2-8,12-13,22H,9H2,1H3,(H,23,24)/t12-,13-/m0/s1. The van der Waals surface area contributed by atoms with E-state index in [9.17, 15) is 4.79 Å². The fourth-order valence-corrected chi connectivity index (χ4v) is 3.04. The Bertz CT molecular complexity index is 941. The van der Waals surface area contributed by atoms with Gasteiger partial charge in [-0.3, -0.25) is 10.3 Å². The van der Waals surface area contributed by atoms with E-state index in [0.29, 0.717) is 11.2 Å². The summed E-state index contributed by atoms with van der Waals surface area (Å²) in [6, 6.07) is 11.3. The molecule has 1 fully saturated rings. The van der Waals surface area contributed by atoms with E-state index in [0.717, 1.165) is 29.0 Å². The average Bonchev–Trinajstić information content (AvgIpc) is 3.35. The van der Waals surface area contributed by atoms with Crippen LogP contribution in [0.4, 0.5) is 10.5 Å². The first-order chi connectivity index (χ1) is 11.6. The van der Waals surface area contributed by atoms with Crippen LogP contribution in [0, 0.1) is 6.92 Å². The number of hydrogen-bond donors (Lipinski definition) is 2. The summed E-state index contributed by atoms with van der Waals surface area (Å²) >= 11 is 0. The Morgan fingerprint density at radius 2 is 2.04 bits per heavy atom. The molecule has 4 rings (SSSR count). The third-order valence-corrected chi connectivity index (χ3v) is 4.30. The van der Waals surface area contributed by atoms with Crippen LogP contribution in [-0.2, 0) is 0 Å². The minimum absolute atomic E-state index is 0.286. The number of para-hydroxylation sites is 1. The van der Waals surface area contributed by atoms with Crippen molar-refractivity contribution in [2.45, 2.75) is 25.2 Å². The molecule has 24 heavy (non-hydrogen) atoms. The molecule has 2 heterocycles. The third-order valence-electron chi connectivity index (χ3n) is 4.30. The van der Waals surface area contributed by atoms with Crippen molar-refractivity contribution in [1.82, 2.24) is 15.0 Å². The maximum absolute atomic E-state index is 11.0. The van der Waals surface area contributed by atoms with E-state index in [4.69, 9.17) is 10.1 Å². The maximum atomic E-state index is 11.0. The maximum Gasteiger partial charge on any atom is 0.409 e. The SMILES string of the molecule is Cc1ccnc([C@H]2C[C@@H]2c2ccc3cccc(NC(=O)O)c3n2)n1. The van der Waals surface area contributed by atoms with Gasteiger partial charge in [-0.2, -0.15) is 0 Å². The molecule has 2 N–H and O–H groups in total. The van der Waals surface area contributed by atoms with Gasteiger partial charge in [-0.25, -0.2) is 14.8 Å². The number of aromatic nitrogens is 3. The predicted octanol–water partition coefficient (Wildman–Crippen LogP) is 3.69. The summed E-state index contributed by atoms with van der Waals surface area (Å²) in [5.41, 5.74) is 3.10. The van der Waals surface area contributed by atoms with Crippen molar-refractivity contribution in [1.29, 1.82) is 0 Å². The van der Waals surface area contributed by atoms with Crippen LogP contribution >= 0.6 is 0 Å². The summed E-state index contributed by atoms with van der Waals surface area (Å²) in [6.45, 7) is 1.96. The van der Waals surface area contributed by atoms with Gasteiger partial charge in [0.2, 0.25) is 0 Å². The van der Waals surface area contributed by atoms with E-state index in [1.54, 1.807) is 12.3 Å². The zero-order chi connectivity index (χ0) is 16.7. The lowest BCUT2D eigenvalue weighted by molar-refractivity contribution is 0.210. The van der Waals surface area contributed by atoms with Crippen LogP contribution in [-0.4, -0.2) is 26.2 Å². The number of benzene rings is 1.